The van der Waals surface area contributed by atoms with Crippen LogP contribution in [0.4, 0.5) is 10.3 Å². The fraction of sp³-hybridized carbons (Fsp3) is 0.0909. The number of nitrogen functional groups attached to an aromatic ring is 1. The van der Waals surface area contributed by atoms with E-state index in [1.54, 1.807) is 0 Å². The van der Waals surface area contributed by atoms with E-state index in [0.717, 1.165) is 11.8 Å². The molecule has 0 aliphatic rings. The van der Waals surface area contributed by atoms with Gasteiger partial charge in [0.2, 0.25) is 5.95 Å². The van der Waals surface area contributed by atoms with Crippen molar-refractivity contribution in [3.05, 3.63) is 47.9 Å². The van der Waals surface area contributed by atoms with Crippen molar-refractivity contribution in [2.24, 2.45) is 0 Å². The zero-order valence-electron chi connectivity index (χ0n) is 8.43. The summed E-state index contributed by atoms with van der Waals surface area (Å²) in [6.07, 6.45) is 1.09. The Morgan fingerprint density at radius 3 is 2.75 bits per heavy atom. The molecule has 5 heteroatoms. The number of aromatic nitrogens is 2. The highest BCUT2D eigenvalue weighted by Crippen LogP contribution is 2.23. The van der Waals surface area contributed by atoms with E-state index in [1.165, 1.54) is 11.8 Å². The van der Waals surface area contributed by atoms with Crippen molar-refractivity contribution in [3.8, 4) is 0 Å². The molecule has 1 heterocycles. The third kappa shape index (κ3) is 2.70. The highest BCUT2D eigenvalue weighted by atomic mass is 32.2. The van der Waals surface area contributed by atoms with Gasteiger partial charge >= 0.3 is 0 Å². The largest absolute Gasteiger partial charge is 0.368 e. The van der Waals surface area contributed by atoms with E-state index in [2.05, 4.69) is 9.97 Å². The number of hydrogen-bond donors (Lipinski definition) is 1. The second kappa shape index (κ2) is 4.94. The van der Waals surface area contributed by atoms with E-state index in [9.17, 15) is 4.39 Å². The molecule has 1 aromatic heterocycles. The quantitative estimate of drug-likeness (QED) is 0.656. The first kappa shape index (κ1) is 10.9. The SMILES string of the molecule is Nc1ncc(F)c(SCc2ccccc2)n1. The lowest BCUT2D eigenvalue weighted by Crippen LogP contribution is -1.98. The van der Waals surface area contributed by atoms with Crippen LogP contribution in [0.5, 0.6) is 0 Å². The highest BCUT2D eigenvalue weighted by molar-refractivity contribution is 7.98. The number of nitrogens with zero attached hydrogens (tertiary/aromatic N) is 2. The van der Waals surface area contributed by atoms with Gasteiger partial charge in [-0.3, -0.25) is 0 Å². The van der Waals surface area contributed by atoms with Gasteiger partial charge in [-0.15, -0.1) is 0 Å². The van der Waals surface area contributed by atoms with Gasteiger partial charge in [-0.25, -0.2) is 14.4 Å². The molecular formula is C11H10FN3S. The number of thioether (sulfide) groups is 1. The summed E-state index contributed by atoms with van der Waals surface area (Å²) in [6, 6.07) is 9.80. The molecule has 16 heavy (non-hydrogen) atoms. The van der Waals surface area contributed by atoms with Crippen molar-refractivity contribution < 1.29 is 4.39 Å². The second-order valence-electron chi connectivity index (χ2n) is 3.16. The molecule has 0 atom stereocenters. The van der Waals surface area contributed by atoms with E-state index >= 15 is 0 Å². The van der Waals surface area contributed by atoms with Gasteiger partial charge in [0.15, 0.2) is 5.82 Å². The topological polar surface area (TPSA) is 51.8 Å². The van der Waals surface area contributed by atoms with E-state index in [4.69, 9.17) is 5.73 Å². The lowest BCUT2D eigenvalue weighted by molar-refractivity contribution is 0.580. The molecule has 0 bridgehead atoms. The molecule has 2 rings (SSSR count). The molecule has 0 aliphatic carbocycles. The van der Waals surface area contributed by atoms with Gasteiger partial charge in [0, 0.05) is 5.75 Å². The Hall–Kier alpha value is -1.62. The molecule has 0 saturated carbocycles. The van der Waals surface area contributed by atoms with Crippen LogP contribution < -0.4 is 5.73 Å². The highest BCUT2D eigenvalue weighted by Gasteiger charge is 2.06. The normalized spacial score (nSPS) is 10.3. The van der Waals surface area contributed by atoms with E-state index in [1.807, 2.05) is 30.3 Å². The van der Waals surface area contributed by atoms with Gasteiger partial charge in [0.05, 0.1) is 6.20 Å². The molecule has 0 spiro atoms. The molecule has 2 N–H and O–H groups in total. The molecule has 0 saturated heterocycles. The Morgan fingerprint density at radius 2 is 2.00 bits per heavy atom. The average molecular weight is 235 g/mol. The Morgan fingerprint density at radius 1 is 1.25 bits per heavy atom. The standard InChI is InChI=1S/C11H10FN3S/c12-9-6-14-11(13)15-10(9)16-7-8-4-2-1-3-5-8/h1-6H,7H2,(H2,13,14,15). The average Bonchev–Trinajstić information content (AvgIpc) is 2.32. The third-order valence-corrected chi connectivity index (χ3v) is 2.99. The Balaban J connectivity index is 2.08. The lowest BCUT2D eigenvalue weighted by atomic mass is 10.2. The molecule has 0 fully saturated rings. The Bertz CT molecular complexity index is 476. The van der Waals surface area contributed by atoms with Crippen molar-refractivity contribution in [1.29, 1.82) is 0 Å². The predicted octanol–water partition coefficient (Wildman–Crippen LogP) is 2.49. The molecule has 82 valence electrons. The van der Waals surface area contributed by atoms with Gasteiger partial charge < -0.3 is 5.73 Å². The summed E-state index contributed by atoms with van der Waals surface area (Å²) in [6.45, 7) is 0. The molecule has 0 aliphatic heterocycles. The van der Waals surface area contributed by atoms with Gasteiger partial charge in [-0.1, -0.05) is 42.1 Å². The van der Waals surface area contributed by atoms with Crippen LogP contribution in [0.1, 0.15) is 5.56 Å². The number of benzene rings is 1. The molecule has 2 aromatic rings. The smallest absolute Gasteiger partial charge is 0.221 e. The van der Waals surface area contributed by atoms with Crippen molar-refractivity contribution in [2.45, 2.75) is 10.8 Å². The molecule has 3 nitrogen and oxygen atoms in total. The zero-order valence-corrected chi connectivity index (χ0v) is 9.25. The molecule has 0 radical (unpaired) electrons. The van der Waals surface area contributed by atoms with E-state index < -0.39 is 5.82 Å². The molecule has 1 aromatic carbocycles. The maximum Gasteiger partial charge on any atom is 0.221 e. The van der Waals surface area contributed by atoms with Gasteiger partial charge in [-0.2, -0.15) is 0 Å². The van der Waals surface area contributed by atoms with Crippen LogP contribution in [0, 0.1) is 5.82 Å². The van der Waals surface area contributed by atoms with Crippen LogP contribution in [0.2, 0.25) is 0 Å². The summed E-state index contributed by atoms with van der Waals surface area (Å²) in [4.78, 5) is 7.42. The van der Waals surface area contributed by atoms with Gasteiger partial charge in [-0.05, 0) is 5.56 Å². The van der Waals surface area contributed by atoms with Crippen molar-refractivity contribution in [1.82, 2.24) is 9.97 Å². The Kier molecular flexibility index (Phi) is 3.36. The van der Waals surface area contributed by atoms with Crippen LogP contribution in [-0.2, 0) is 5.75 Å². The summed E-state index contributed by atoms with van der Waals surface area (Å²) in [7, 11) is 0. The first-order valence-electron chi connectivity index (χ1n) is 4.70. The summed E-state index contributed by atoms with van der Waals surface area (Å²) in [5, 5.41) is 0.288. The third-order valence-electron chi connectivity index (χ3n) is 1.95. The Labute approximate surface area is 96.9 Å². The van der Waals surface area contributed by atoms with Gasteiger partial charge in [0.25, 0.3) is 0 Å². The minimum Gasteiger partial charge on any atom is -0.368 e. The number of halogens is 1. The van der Waals surface area contributed by atoms with E-state index in [0.29, 0.717) is 5.75 Å². The van der Waals surface area contributed by atoms with Crippen LogP contribution in [0.15, 0.2) is 41.6 Å². The van der Waals surface area contributed by atoms with Gasteiger partial charge in [0.1, 0.15) is 5.03 Å². The maximum absolute atomic E-state index is 13.3. The summed E-state index contributed by atoms with van der Waals surface area (Å²) >= 11 is 1.31. The molecule has 0 amide bonds. The minimum absolute atomic E-state index is 0.0944. The van der Waals surface area contributed by atoms with E-state index in [-0.39, 0.29) is 11.0 Å². The van der Waals surface area contributed by atoms with Crippen LogP contribution in [-0.4, -0.2) is 9.97 Å². The van der Waals surface area contributed by atoms with Crippen LogP contribution in [0.3, 0.4) is 0 Å². The fourth-order valence-corrected chi connectivity index (χ4v) is 2.04. The summed E-state index contributed by atoms with van der Waals surface area (Å²) in [5.74, 6) is 0.320. The first-order chi connectivity index (χ1) is 7.75. The van der Waals surface area contributed by atoms with Crippen molar-refractivity contribution >= 4 is 17.7 Å². The molecular weight excluding hydrogens is 225 g/mol. The number of nitrogens with two attached hydrogens (primary N) is 1. The van der Waals surface area contributed by atoms with Crippen LogP contribution >= 0.6 is 11.8 Å². The van der Waals surface area contributed by atoms with Crippen LogP contribution in [0.25, 0.3) is 0 Å². The minimum atomic E-state index is -0.435. The monoisotopic (exact) mass is 235 g/mol. The summed E-state index contributed by atoms with van der Waals surface area (Å²) in [5.41, 5.74) is 6.51. The number of hydrogen-bond acceptors (Lipinski definition) is 4. The van der Waals surface area contributed by atoms with Crippen molar-refractivity contribution in [2.75, 3.05) is 5.73 Å². The number of rotatable bonds is 3. The summed E-state index contributed by atoms with van der Waals surface area (Å²) < 4.78 is 13.3. The second-order valence-corrected chi connectivity index (χ2v) is 4.12. The fourth-order valence-electron chi connectivity index (χ4n) is 1.19. The number of anilines is 1. The first-order valence-corrected chi connectivity index (χ1v) is 5.69. The zero-order chi connectivity index (χ0) is 11.4. The lowest BCUT2D eigenvalue weighted by Gasteiger charge is -2.02. The van der Waals surface area contributed by atoms with Crippen molar-refractivity contribution in [3.63, 3.8) is 0 Å². The molecule has 0 unspecified atom stereocenters. The predicted molar refractivity (Wildman–Crippen MR) is 62.4 cm³/mol. The maximum atomic E-state index is 13.3.